The Morgan fingerprint density at radius 1 is 1.38 bits per heavy atom. The summed E-state index contributed by atoms with van der Waals surface area (Å²) in [7, 11) is 0. The predicted octanol–water partition coefficient (Wildman–Crippen LogP) is 1.45. The first-order valence-electron chi connectivity index (χ1n) is 4.98. The summed E-state index contributed by atoms with van der Waals surface area (Å²) in [6, 6.07) is 0.169. The maximum atomic E-state index is 10.4. The monoisotopic (exact) mass is 179 g/mol. The smallest absolute Gasteiger partial charge is 0.122 e. The van der Waals surface area contributed by atoms with Crippen molar-refractivity contribution in [3.05, 3.63) is 0 Å². The largest absolute Gasteiger partial charge is 0.303 e. The lowest BCUT2D eigenvalue weighted by Crippen LogP contribution is -2.38. The molecule has 1 fully saturated rings. The van der Waals surface area contributed by atoms with E-state index in [-0.39, 0.29) is 6.04 Å². The van der Waals surface area contributed by atoms with Crippen molar-refractivity contribution in [1.82, 2.24) is 4.90 Å². The van der Waals surface area contributed by atoms with Gasteiger partial charge in [0.15, 0.2) is 0 Å². The first kappa shape index (κ1) is 10.3. The lowest BCUT2D eigenvalue weighted by Gasteiger charge is -2.30. The van der Waals surface area contributed by atoms with Gasteiger partial charge in [0.2, 0.25) is 0 Å². The molecule has 2 nitrogen and oxygen atoms in total. The molecule has 1 rings (SSSR count). The van der Waals surface area contributed by atoms with Crippen LogP contribution in [-0.2, 0) is 4.79 Å². The van der Waals surface area contributed by atoms with Gasteiger partial charge in [0.25, 0.3) is 0 Å². The number of carbonyl (C=O) groups excluding carboxylic acids is 1. The molecule has 2 heteroatoms. The summed E-state index contributed by atoms with van der Waals surface area (Å²) in [4.78, 5) is 12.8. The Bertz CT molecular complexity index is 208. The Kier molecular flexibility index (Phi) is 4.56. The van der Waals surface area contributed by atoms with Crippen LogP contribution in [0.25, 0.3) is 0 Å². The second-order valence-electron chi connectivity index (χ2n) is 3.41. The summed E-state index contributed by atoms with van der Waals surface area (Å²) in [6.45, 7) is 4.04. The van der Waals surface area contributed by atoms with Gasteiger partial charge in [-0.05, 0) is 32.9 Å². The minimum Gasteiger partial charge on any atom is -0.303 e. The van der Waals surface area contributed by atoms with E-state index in [2.05, 4.69) is 16.7 Å². The summed E-state index contributed by atoms with van der Waals surface area (Å²) in [6.07, 6.45) is 5.36. The van der Waals surface area contributed by atoms with E-state index in [1.54, 1.807) is 0 Å². The molecule has 0 aliphatic carbocycles. The van der Waals surface area contributed by atoms with Gasteiger partial charge in [-0.15, -0.1) is 5.92 Å². The topological polar surface area (TPSA) is 20.3 Å². The maximum Gasteiger partial charge on any atom is 0.122 e. The maximum absolute atomic E-state index is 10.4. The fourth-order valence-corrected chi connectivity index (χ4v) is 1.79. The van der Waals surface area contributed by atoms with Gasteiger partial charge in [0.05, 0.1) is 6.04 Å². The average Bonchev–Trinajstić information content (AvgIpc) is 2.19. The van der Waals surface area contributed by atoms with Crippen LogP contribution in [-0.4, -0.2) is 30.3 Å². The number of aldehydes is 1. The number of likely N-dealkylation sites (tertiary alicyclic amines) is 1. The van der Waals surface area contributed by atoms with Gasteiger partial charge < -0.3 is 4.79 Å². The molecule has 1 heterocycles. The molecule has 13 heavy (non-hydrogen) atoms. The van der Waals surface area contributed by atoms with E-state index in [4.69, 9.17) is 0 Å². The van der Waals surface area contributed by atoms with E-state index >= 15 is 0 Å². The normalized spacial score (nSPS) is 20.1. The van der Waals surface area contributed by atoms with Crippen LogP contribution in [0.3, 0.4) is 0 Å². The second kappa shape index (κ2) is 5.77. The van der Waals surface area contributed by atoms with Crippen molar-refractivity contribution in [2.75, 3.05) is 13.1 Å². The summed E-state index contributed by atoms with van der Waals surface area (Å²) in [5, 5.41) is 0. The lowest BCUT2D eigenvalue weighted by molar-refractivity contribution is -0.108. The summed E-state index contributed by atoms with van der Waals surface area (Å²) in [5.41, 5.74) is 0. The van der Waals surface area contributed by atoms with Crippen LogP contribution in [0.5, 0.6) is 0 Å². The molecule has 0 N–H and O–H groups in total. The van der Waals surface area contributed by atoms with E-state index in [9.17, 15) is 4.79 Å². The van der Waals surface area contributed by atoms with Crippen LogP contribution in [0, 0.1) is 11.8 Å². The Balaban J connectivity index is 2.49. The zero-order chi connectivity index (χ0) is 9.52. The second-order valence-corrected chi connectivity index (χ2v) is 3.41. The van der Waals surface area contributed by atoms with Crippen molar-refractivity contribution >= 4 is 6.29 Å². The first-order valence-corrected chi connectivity index (χ1v) is 4.98. The zero-order valence-electron chi connectivity index (χ0n) is 8.25. The third-order valence-electron chi connectivity index (χ3n) is 2.46. The van der Waals surface area contributed by atoms with Crippen LogP contribution in [0.2, 0.25) is 0 Å². The highest BCUT2D eigenvalue weighted by Crippen LogP contribution is 2.13. The quantitative estimate of drug-likeness (QED) is 0.483. The minimum absolute atomic E-state index is 0.169. The molecule has 1 aliphatic heterocycles. The Morgan fingerprint density at radius 3 is 2.62 bits per heavy atom. The number of nitrogens with zero attached hydrogens (tertiary/aromatic N) is 1. The van der Waals surface area contributed by atoms with Gasteiger partial charge >= 0.3 is 0 Å². The third-order valence-corrected chi connectivity index (χ3v) is 2.46. The lowest BCUT2D eigenvalue weighted by atomic mass is 10.1. The number of hydrogen-bond donors (Lipinski definition) is 0. The van der Waals surface area contributed by atoms with Crippen LogP contribution in [0.4, 0.5) is 0 Å². The zero-order valence-corrected chi connectivity index (χ0v) is 8.25. The van der Waals surface area contributed by atoms with Crippen molar-refractivity contribution < 1.29 is 4.79 Å². The standard InChI is InChI=1S/C11H17NO/c1-2-6-11(7-10-13)12-8-4-3-5-9-12/h10-11H,3-5,7-9H2,1H3. The van der Waals surface area contributed by atoms with Crippen LogP contribution >= 0.6 is 0 Å². The summed E-state index contributed by atoms with van der Waals surface area (Å²) in [5.74, 6) is 6.00. The van der Waals surface area contributed by atoms with Gasteiger partial charge in [0.1, 0.15) is 6.29 Å². The minimum atomic E-state index is 0.169. The number of piperidine rings is 1. The van der Waals surface area contributed by atoms with Gasteiger partial charge in [-0.25, -0.2) is 0 Å². The number of rotatable bonds is 3. The van der Waals surface area contributed by atoms with Crippen LogP contribution < -0.4 is 0 Å². The van der Waals surface area contributed by atoms with Crippen LogP contribution in [0.1, 0.15) is 32.6 Å². The molecule has 1 aliphatic rings. The average molecular weight is 179 g/mol. The van der Waals surface area contributed by atoms with Crippen molar-refractivity contribution in [3.63, 3.8) is 0 Å². The SMILES string of the molecule is CC#CC(CC=O)N1CCCCC1. The molecule has 0 radical (unpaired) electrons. The van der Waals surface area contributed by atoms with Gasteiger partial charge in [-0.1, -0.05) is 12.3 Å². The van der Waals surface area contributed by atoms with E-state index in [1.165, 1.54) is 19.3 Å². The predicted molar refractivity (Wildman–Crippen MR) is 53.3 cm³/mol. The fraction of sp³-hybridized carbons (Fsp3) is 0.727. The van der Waals surface area contributed by atoms with Crippen molar-refractivity contribution in [2.45, 2.75) is 38.6 Å². The summed E-state index contributed by atoms with van der Waals surface area (Å²) >= 11 is 0. The molecule has 0 aromatic carbocycles. The highest BCUT2D eigenvalue weighted by atomic mass is 16.1. The Labute approximate surface area is 80.3 Å². The van der Waals surface area contributed by atoms with E-state index in [0.29, 0.717) is 6.42 Å². The molecular formula is C11H17NO. The number of carbonyl (C=O) groups is 1. The molecule has 1 unspecified atom stereocenters. The van der Waals surface area contributed by atoms with E-state index < -0.39 is 0 Å². The molecule has 0 amide bonds. The molecule has 1 atom stereocenters. The highest BCUT2D eigenvalue weighted by Gasteiger charge is 2.17. The molecule has 0 saturated carbocycles. The Hall–Kier alpha value is -0.810. The van der Waals surface area contributed by atoms with Gasteiger partial charge in [0, 0.05) is 6.42 Å². The molecule has 0 spiro atoms. The van der Waals surface area contributed by atoms with E-state index in [0.717, 1.165) is 19.4 Å². The van der Waals surface area contributed by atoms with Crippen molar-refractivity contribution in [1.29, 1.82) is 0 Å². The molecule has 0 aromatic heterocycles. The van der Waals surface area contributed by atoms with Gasteiger partial charge in [-0.2, -0.15) is 0 Å². The first-order chi connectivity index (χ1) is 6.38. The molecule has 72 valence electrons. The van der Waals surface area contributed by atoms with Crippen molar-refractivity contribution in [2.24, 2.45) is 0 Å². The molecule has 0 aromatic rings. The van der Waals surface area contributed by atoms with Crippen LogP contribution in [0.15, 0.2) is 0 Å². The molecule has 1 saturated heterocycles. The fourth-order valence-electron chi connectivity index (χ4n) is 1.79. The Morgan fingerprint density at radius 2 is 2.08 bits per heavy atom. The van der Waals surface area contributed by atoms with Crippen molar-refractivity contribution in [3.8, 4) is 11.8 Å². The third kappa shape index (κ3) is 3.20. The summed E-state index contributed by atoms with van der Waals surface area (Å²) < 4.78 is 0. The van der Waals surface area contributed by atoms with Gasteiger partial charge in [-0.3, -0.25) is 4.90 Å². The van der Waals surface area contributed by atoms with E-state index in [1.807, 2.05) is 6.92 Å². The molecular weight excluding hydrogens is 162 g/mol. The number of hydrogen-bond acceptors (Lipinski definition) is 2. The molecule has 0 bridgehead atoms. The highest BCUT2D eigenvalue weighted by molar-refractivity contribution is 5.51.